The lowest BCUT2D eigenvalue weighted by molar-refractivity contribution is -0.122. The molecule has 21 heavy (non-hydrogen) atoms. The predicted molar refractivity (Wildman–Crippen MR) is 79.7 cm³/mol. The number of fused-ring (bicyclic) bond motifs is 2. The van der Waals surface area contributed by atoms with Crippen LogP contribution in [-0.4, -0.2) is 16.8 Å². The van der Waals surface area contributed by atoms with Crippen molar-refractivity contribution >= 4 is 28.3 Å². The molecule has 2 fully saturated rings. The van der Waals surface area contributed by atoms with Crippen molar-refractivity contribution < 1.29 is 9.59 Å². The van der Waals surface area contributed by atoms with E-state index in [1.165, 1.54) is 4.90 Å². The van der Waals surface area contributed by atoms with E-state index in [-0.39, 0.29) is 23.7 Å². The van der Waals surface area contributed by atoms with Crippen molar-refractivity contribution in [3.8, 4) is 0 Å². The third kappa shape index (κ3) is 1.78. The Labute approximate surface area is 122 Å². The molecule has 2 aliphatic rings. The summed E-state index contributed by atoms with van der Waals surface area (Å²) in [5.74, 6) is -0.255. The number of benzene rings is 1. The largest absolute Gasteiger partial charge is 0.274 e. The van der Waals surface area contributed by atoms with Crippen molar-refractivity contribution in [2.45, 2.75) is 25.7 Å². The van der Waals surface area contributed by atoms with Crippen LogP contribution in [0.15, 0.2) is 36.7 Å². The van der Waals surface area contributed by atoms with Crippen LogP contribution in [0.2, 0.25) is 0 Å². The molecule has 1 aliphatic heterocycles. The maximum atomic E-state index is 12.7. The first-order chi connectivity index (χ1) is 10.3. The number of hydrogen-bond donors (Lipinski definition) is 0. The Balaban J connectivity index is 1.85. The van der Waals surface area contributed by atoms with Gasteiger partial charge in [-0.05, 0) is 25.0 Å². The Morgan fingerprint density at radius 2 is 1.71 bits per heavy atom. The summed E-state index contributed by atoms with van der Waals surface area (Å²) in [4.78, 5) is 30.9. The fraction of sp³-hybridized carbons (Fsp3) is 0.353. The van der Waals surface area contributed by atoms with Crippen molar-refractivity contribution in [2.75, 3.05) is 4.90 Å². The first-order valence-electron chi connectivity index (χ1n) is 7.48. The molecule has 2 heterocycles. The van der Waals surface area contributed by atoms with Gasteiger partial charge in [0.15, 0.2) is 0 Å². The highest BCUT2D eigenvalue weighted by atomic mass is 16.2. The van der Waals surface area contributed by atoms with Crippen molar-refractivity contribution in [3.05, 3.63) is 36.7 Å². The number of hydrogen-bond acceptors (Lipinski definition) is 3. The standard InChI is InChI=1S/C17H16N2O2/c20-16-13-5-1-2-6-14(13)17(21)19(16)15-7-3-4-11-10-18-9-8-12(11)15/h3-4,7-10,13-14H,1-2,5-6H2. The zero-order valence-corrected chi connectivity index (χ0v) is 11.7. The molecule has 0 spiro atoms. The normalized spacial score (nSPS) is 25.4. The minimum absolute atomic E-state index is 0.0194. The van der Waals surface area contributed by atoms with E-state index in [2.05, 4.69) is 4.98 Å². The van der Waals surface area contributed by atoms with Crippen LogP contribution in [0.5, 0.6) is 0 Å². The second kappa shape index (κ2) is 4.65. The Kier molecular flexibility index (Phi) is 2.77. The summed E-state index contributed by atoms with van der Waals surface area (Å²) in [5, 5.41) is 1.86. The van der Waals surface area contributed by atoms with Gasteiger partial charge in [-0.2, -0.15) is 0 Å². The molecular weight excluding hydrogens is 264 g/mol. The minimum Gasteiger partial charge on any atom is -0.274 e. The van der Waals surface area contributed by atoms with Crippen LogP contribution in [0.4, 0.5) is 5.69 Å². The molecule has 2 atom stereocenters. The number of aromatic nitrogens is 1. The number of carbonyl (C=O) groups is 2. The summed E-state index contributed by atoms with van der Waals surface area (Å²) in [6.07, 6.45) is 7.25. The number of imide groups is 1. The minimum atomic E-state index is -0.108. The molecule has 1 aliphatic carbocycles. The smallest absolute Gasteiger partial charge is 0.237 e. The van der Waals surface area contributed by atoms with Crippen LogP contribution in [0.3, 0.4) is 0 Å². The van der Waals surface area contributed by atoms with E-state index < -0.39 is 0 Å². The number of rotatable bonds is 1. The maximum absolute atomic E-state index is 12.7. The van der Waals surface area contributed by atoms with Gasteiger partial charge in [0.1, 0.15) is 0 Å². The zero-order valence-electron chi connectivity index (χ0n) is 11.7. The van der Waals surface area contributed by atoms with Crippen LogP contribution >= 0.6 is 0 Å². The van der Waals surface area contributed by atoms with Gasteiger partial charge in [0.2, 0.25) is 11.8 Å². The van der Waals surface area contributed by atoms with E-state index >= 15 is 0 Å². The lowest BCUT2D eigenvalue weighted by atomic mass is 9.81. The molecule has 1 saturated heterocycles. The molecule has 0 N–H and O–H groups in total. The predicted octanol–water partition coefficient (Wildman–Crippen LogP) is 2.91. The molecule has 4 rings (SSSR count). The van der Waals surface area contributed by atoms with Gasteiger partial charge < -0.3 is 0 Å². The van der Waals surface area contributed by atoms with Gasteiger partial charge in [0.25, 0.3) is 0 Å². The molecule has 0 bridgehead atoms. The summed E-state index contributed by atoms with van der Waals surface area (Å²) < 4.78 is 0. The molecule has 2 aromatic rings. The van der Waals surface area contributed by atoms with Gasteiger partial charge in [-0.15, -0.1) is 0 Å². The molecule has 4 heteroatoms. The highest BCUT2D eigenvalue weighted by Gasteiger charge is 2.48. The Hall–Kier alpha value is -2.23. The third-order valence-corrected chi connectivity index (χ3v) is 4.74. The Morgan fingerprint density at radius 1 is 1.00 bits per heavy atom. The molecule has 4 nitrogen and oxygen atoms in total. The third-order valence-electron chi connectivity index (χ3n) is 4.74. The molecule has 1 aromatic carbocycles. The molecule has 0 radical (unpaired) electrons. The fourth-order valence-corrected chi connectivity index (χ4v) is 3.70. The molecular formula is C17H16N2O2. The highest BCUT2D eigenvalue weighted by molar-refractivity contribution is 6.24. The van der Waals surface area contributed by atoms with Crippen LogP contribution in [0.25, 0.3) is 10.8 Å². The molecule has 1 saturated carbocycles. The van der Waals surface area contributed by atoms with E-state index in [4.69, 9.17) is 0 Å². The number of amides is 2. The van der Waals surface area contributed by atoms with Crippen molar-refractivity contribution in [1.82, 2.24) is 4.98 Å². The van der Waals surface area contributed by atoms with Crippen LogP contribution in [0, 0.1) is 11.8 Å². The molecule has 1 aromatic heterocycles. The van der Waals surface area contributed by atoms with E-state index in [0.29, 0.717) is 5.69 Å². The van der Waals surface area contributed by atoms with Crippen LogP contribution < -0.4 is 4.90 Å². The highest BCUT2D eigenvalue weighted by Crippen LogP contribution is 2.41. The molecule has 2 amide bonds. The van der Waals surface area contributed by atoms with E-state index in [9.17, 15) is 9.59 Å². The number of anilines is 1. The first kappa shape index (κ1) is 12.5. The van der Waals surface area contributed by atoms with Gasteiger partial charge in [0, 0.05) is 23.2 Å². The second-order valence-corrected chi connectivity index (χ2v) is 5.88. The number of pyridine rings is 1. The Bertz CT molecular complexity index is 711. The van der Waals surface area contributed by atoms with E-state index in [0.717, 1.165) is 36.5 Å². The van der Waals surface area contributed by atoms with Gasteiger partial charge in [-0.25, -0.2) is 4.90 Å². The summed E-state index contributed by atoms with van der Waals surface area (Å²) in [6, 6.07) is 7.55. The quantitative estimate of drug-likeness (QED) is 0.755. The average molecular weight is 280 g/mol. The SMILES string of the molecule is O=C1C2CCCCC2C(=O)N1c1cccc2cnccc12. The monoisotopic (exact) mass is 280 g/mol. The van der Waals surface area contributed by atoms with E-state index in [1.807, 2.05) is 24.3 Å². The molecule has 106 valence electrons. The zero-order chi connectivity index (χ0) is 14.4. The lowest BCUT2D eigenvalue weighted by Crippen LogP contribution is -2.31. The summed E-state index contributed by atoms with van der Waals surface area (Å²) in [6.45, 7) is 0. The van der Waals surface area contributed by atoms with Crippen molar-refractivity contribution in [2.24, 2.45) is 11.8 Å². The summed E-state index contributed by atoms with van der Waals surface area (Å²) >= 11 is 0. The average Bonchev–Trinajstić information content (AvgIpc) is 2.79. The van der Waals surface area contributed by atoms with Crippen molar-refractivity contribution in [1.29, 1.82) is 0 Å². The Morgan fingerprint density at radius 3 is 2.43 bits per heavy atom. The second-order valence-electron chi connectivity index (χ2n) is 5.88. The van der Waals surface area contributed by atoms with Gasteiger partial charge in [-0.3, -0.25) is 14.6 Å². The molecule has 2 unspecified atom stereocenters. The van der Waals surface area contributed by atoms with Crippen LogP contribution in [0.1, 0.15) is 25.7 Å². The first-order valence-corrected chi connectivity index (χ1v) is 7.48. The topological polar surface area (TPSA) is 50.3 Å². The van der Waals surface area contributed by atoms with Gasteiger partial charge in [0.05, 0.1) is 17.5 Å². The van der Waals surface area contributed by atoms with Crippen LogP contribution in [-0.2, 0) is 9.59 Å². The van der Waals surface area contributed by atoms with Crippen molar-refractivity contribution in [3.63, 3.8) is 0 Å². The van der Waals surface area contributed by atoms with Gasteiger partial charge >= 0.3 is 0 Å². The lowest BCUT2D eigenvalue weighted by Gasteiger charge is -2.19. The number of carbonyl (C=O) groups excluding carboxylic acids is 2. The van der Waals surface area contributed by atoms with Gasteiger partial charge in [-0.1, -0.05) is 25.0 Å². The number of nitrogens with zero attached hydrogens (tertiary/aromatic N) is 2. The van der Waals surface area contributed by atoms with E-state index in [1.54, 1.807) is 12.4 Å². The summed E-state index contributed by atoms with van der Waals surface area (Å²) in [7, 11) is 0. The fourth-order valence-electron chi connectivity index (χ4n) is 3.70. The summed E-state index contributed by atoms with van der Waals surface area (Å²) in [5.41, 5.74) is 0.708. The maximum Gasteiger partial charge on any atom is 0.237 e.